The molecular formula is C15H30ClN3O2. The zero-order chi connectivity index (χ0) is 14.4. The Morgan fingerprint density at radius 3 is 2.86 bits per heavy atom. The van der Waals surface area contributed by atoms with Gasteiger partial charge in [0.2, 0.25) is 5.91 Å². The van der Waals surface area contributed by atoms with E-state index in [2.05, 4.69) is 16.0 Å². The molecule has 6 heteroatoms. The van der Waals surface area contributed by atoms with Gasteiger partial charge in [-0.05, 0) is 32.6 Å². The predicted molar refractivity (Wildman–Crippen MR) is 86.9 cm³/mol. The number of nitrogens with one attached hydrogen (secondary N) is 3. The minimum atomic E-state index is 0. The molecular weight excluding hydrogens is 290 g/mol. The van der Waals surface area contributed by atoms with E-state index in [-0.39, 0.29) is 24.4 Å². The molecule has 21 heavy (non-hydrogen) atoms. The molecule has 2 fully saturated rings. The van der Waals surface area contributed by atoms with Crippen LogP contribution >= 0.6 is 12.4 Å². The van der Waals surface area contributed by atoms with Gasteiger partial charge in [0.1, 0.15) is 0 Å². The Bertz CT molecular complexity index is 309. The van der Waals surface area contributed by atoms with Crippen LogP contribution in [0.4, 0.5) is 0 Å². The first-order valence-corrected chi connectivity index (χ1v) is 8.00. The Hall–Kier alpha value is -0.360. The van der Waals surface area contributed by atoms with Gasteiger partial charge in [-0.15, -0.1) is 12.4 Å². The summed E-state index contributed by atoms with van der Waals surface area (Å²) in [5.41, 5.74) is 0. The van der Waals surface area contributed by atoms with Gasteiger partial charge in [-0.1, -0.05) is 6.42 Å². The molecule has 0 radical (unpaired) electrons. The average Bonchev–Trinajstić information content (AvgIpc) is 2.87. The number of hydrogen-bond acceptors (Lipinski definition) is 4. The van der Waals surface area contributed by atoms with Gasteiger partial charge in [0.25, 0.3) is 0 Å². The first-order valence-electron chi connectivity index (χ1n) is 8.00. The summed E-state index contributed by atoms with van der Waals surface area (Å²) < 4.78 is 5.57. The Morgan fingerprint density at radius 1 is 1.38 bits per heavy atom. The van der Waals surface area contributed by atoms with Crippen LogP contribution in [0.2, 0.25) is 0 Å². The maximum Gasteiger partial charge on any atom is 0.221 e. The first kappa shape index (κ1) is 18.7. The van der Waals surface area contributed by atoms with Crippen LogP contribution in [0, 0.1) is 5.92 Å². The predicted octanol–water partition coefficient (Wildman–Crippen LogP) is 1.07. The highest BCUT2D eigenvalue weighted by Crippen LogP contribution is 2.29. The Kier molecular flexibility index (Phi) is 8.56. The summed E-state index contributed by atoms with van der Waals surface area (Å²) in [6, 6.07) is 1.24. The van der Waals surface area contributed by atoms with Gasteiger partial charge in [-0.2, -0.15) is 0 Å². The summed E-state index contributed by atoms with van der Waals surface area (Å²) in [6.45, 7) is 7.38. The smallest absolute Gasteiger partial charge is 0.221 e. The Balaban J connectivity index is 0.00000220. The SMILES string of the molecule is CC(C)NC(=O)CCNC1CCCC1C1COCCN1.Cl. The van der Waals surface area contributed by atoms with E-state index in [1.54, 1.807) is 0 Å². The maximum absolute atomic E-state index is 11.6. The average molecular weight is 320 g/mol. The second-order valence-electron chi connectivity index (χ2n) is 6.26. The number of halogens is 1. The maximum atomic E-state index is 11.6. The highest BCUT2D eigenvalue weighted by molar-refractivity contribution is 5.85. The van der Waals surface area contributed by atoms with E-state index >= 15 is 0 Å². The number of morpholine rings is 1. The largest absolute Gasteiger partial charge is 0.379 e. The van der Waals surface area contributed by atoms with Crippen LogP contribution in [0.5, 0.6) is 0 Å². The third-order valence-electron chi connectivity index (χ3n) is 4.24. The molecule has 0 aromatic rings. The lowest BCUT2D eigenvalue weighted by molar-refractivity contribution is -0.121. The van der Waals surface area contributed by atoms with Gasteiger partial charge in [0.15, 0.2) is 0 Å². The minimum Gasteiger partial charge on any atom is -0.379 e. The van der Waals surface area contributed by atoms with Gasteiger partial charge in [-0.3, -0.25) is 4.79 Å². The van der Waals surface area contributed by atoms with Gasteiger partial charge in [0, 0.05) is 37.6 Å². The van der Waals surface area contributed by atoms with Crippen molar-refractivity contribution in [1.29, 1.82) is 0 Å². The molecule has 1 amide bonds. The van der Waals surface area contributed by atoms with Crippen molar-refractivity contribution in [2.24, 2.45) is 5.92 Å². The van der Waals surface area contributed by atoms with E-state index in [1.165, 1.54) is 19.3 Å². The second kappa shape index (κ2) is 9.62. The number of rotatable bonds is 6. The van der Waals surface area contributed by atoms with Crippen LogP contribution in [0.15, 0.2) is 0 Å². The van der Waals surface area contributed by atoms with E-state index in [1.807, 2.05) is 13.8 Å². The number of amides is 1. The highest BCUT2D eigenvalue weighted by atomic mass is 35.5. The standard InChI is InChI=1S/C15H29N3O2.ClH/c1-11(2)18-15(19)6-7-16-13-5-3-4-12(13)14-10-20-9-8-17-14;/h11-14,16-17H,3-10H2,1-2H3,(H,18,19);1H. The van der Waals surface area contributed by atoms with Gasteiger partial charge < -0.3 is 20.7 Å². The van der Waals surface area contributed by atoms with Gasteiger partial charge in [0.05, 0.1) is 13.2 Å². The quantitative estimate of drug-likeness (QED) is 0.685. The number of ether oxygens (including phenoxy) is 1. The lowest BCUT2D eigenvalue weighted by Crippen LogP contribution is -2.51. The van der Waals surface area contributed by atoms with Crippen molar-refractivity contribution in [3.05, 3.63) is 0 Å². The van der Waals surface area contributed by atoms with Crippen molar-refractivity contribution < 1.29 is 9.53 Å². The summed E-state index contributed by atoms with van der Waals surface area (Å²) in [5, 5.41) is 10.1. The monoisotopic (exact) mass is 319 g/mol. The highest BCUT2D eigenvalue weighted by Gasteiger charge is 2.34. The van der Waals surface area contributed by atoms with E-state index in [4.69, 9.17) is 4.74 Å². The molecule has 3 N–H and O–H groups in total. The van der Waals surface area contributed by atoms with E-state index in [0.717, 1.165) is 26.3 Å². The summed E-state index contributed by atoms with van der Waals surface area (Å²) in [6.07, 6.45) is 4.32. The van der Waals surface area contributed by atoms with E-state index < -0.39 is 0 Å². The summed E-state index contributed by atoms with van der Waals surface area (Å²) in [7, 11) is 0. The van der Waals surface area contributed by atoms with Crippen LogP contribution in [-0.4, -0.2) is 50.3 Å². The summed E-state index contributed by atoms with van der Waals surface area (Å²) in [5.74, 6) is 0.782. The molecule has 0 aromatic heterocycles. The molecule has 2 aliphatic rings. The molecule has 1 aliphatic heterocycles. The van der Waals surface area contributed by atoms with Crippen molar-refractivity contribution in [1.82, 2.24) is 16.0 Å². The topological polar surface area (TPSA) is 62.4 Å². The molecule has 3 atom stereocenters. The van der Waals surface area contributed by atoms with E-state index in [9.17, 15) is 4.79 Å². The fourth-order valence-electron chi connectivity index (χ4n) is 3.35. The molecule has 5 nitrogen and oxygen atoms in total. The first-order chi connectivity index (χ1) is 9.66. The molecule has 0 bridgehead atoms. The van der Waals surface area contributed by atoms with Crippen LogP contribution < -0.4 is 16.0 Å². The molecule has 0 aromatic carbocycles. The molecule has 2 rings (SSSR count). The Labute approximate surface area is 134 Å². The van der Waals surface area contributed by atoms with Crippen molar-refractivity contribution in [2.45, 2.75) is 57.7 Å². The third kappa shape index (κ3) is 6.10. The molecule has 3 unspecified atom stereocenters. The number of carbonyl (C=O) groups excluding carboxylic acids is 1. The fraction of sp³-hybridized carbons (Fsp3) is 0.933. The van der Waals surface area contributed by atoms with Crippen molar-refractivity contribution >= 4 is 18.3 Å². The fourth-order valence-corrected chi connectivity index (χ4v) is 3.35. The lowest BCUT2D eigenvalue weighted by atomic mass is 9.94. The molecule has 1 heterocycles. The summed E-state index contributed by atoms with van der Waals surface area (Å²) in [4.78, 5) is 11.6. The minimum absolute atomic E-state index is 0. The third-order valence-corrected chi connectivity index (χ3v) is 4.24. The molecule has 1 saturated heterocycles. The normalized spacial score (nSPS) is 29.2. The van der Waals surface area contributed by atoms with Crippen LogP contribution in [0.1, 0.15) is 39.5 Å². The van der Waals surface area contributed by atoms with Crippen molar-refractivity contribution in [3.63, 3.8) is 0 Å². The van der Waals surface area contributed by atoms with Crippen LogP contribution in [0.25, 0.3) is 0 Å². The molecule has 124 valence electrons. The zero-order valence-corrected chi connectivity index (χ0v) is 14.0. The second-order valence-corrected chi connectivity index (χ2v) is 6.26. The van der Waals surface area contributed by atoms with Gasteiger partial charge in [-0.25, -0.2) is 0 Å². The number of hydrogen-bond donors (Lipinski definition) is 3. The Morgan fingerprint density at radius 2 is 2.19 bits per heavy atom. The summed E-state index contributed by atoms with van der Waals surface area (Å²) >= 11 is 0. The zero-order valence-electron chi connectivity index (χ0n) is 13.2. The van der Waals surface area contributed by atoms with Crippen LogP contribution in [0.3, 0.4) is 0 Å². The molecule has 0 spiro atoms. The molecule has 1 aliphatic carbocycles. The van der Waals surface area contributed by atoms with Gasteiger partial charge >= 0.3 is 0 Å². The molecule has 1 saturated carbocycles. The lowest BCUT2D eigenvalue weighted by Gasteiger charge is -2.33. The van der Waals surface area contributed by atoms with Crippen molar-refractivity contribution in [3.8, 4) is 0 Å². The van der Waals surface area contributed by atoms with Crippen LogP contribution in [-0.2, 0) is 9.53 Å². The van der Waals surface area contributed by atoms with E-state index in [0.29, 0.717) is 24.4 Å². The number of carbonyl (C=O) groups is 1. The van der Waals surface area contributed by atoms with Crippen molar-refractivity contribution in [2.75, 3.05) is 26.3 Å².